The number of esters is 1. The van der Waals surface area contributed by atoms with Crippen molar-refractivity contribution in [3.8, 4) is 5.75 Å². The number of benzene rings is 2. The molecule has 146 valence electrons. The van der Waals surface area contributed by atoms with Crippen LogP contribution in [0.3, 0.4) is 0 Å². The van der Waals surface area contributed by atoms with E-state index >= 15 is 0 Å². The number of para-hydroxylation sites is 3. The van der Waals surface area contributed by atoms with Crippen LogP contribution < -0.4 is 15.0 Å². The minimum atomic E-state index is -0.996. The molecular formula is C21H22N2O5. The summed E-state index contributed by atoms with van der Waals surface area (Å²) in [4.78, 5) is 38.2. The van der Waals surface area contributed by atoms with Crippen LogP contribution in [0.1, 0.15) is 18.9 Å². The average Bonchev–Trinajstić information content (AvgIpc) is 2.71. The van der Waals surface area contributed by atoms with Gasteiger partial charge in [-0.05, 0) is 37.1 Å². The van der Waals surface area contributed by atoms with Gasteiger partial charge in [-0.15, -0.1) is 0 Å². The Bertz CT molecular complexity index is 896. The van der Waals surface area contributed by atoms with Crippen molar-refractivity contribution in [3.63, 3.8) is 0 Å². The molecule has 0 aromatic heterocycles. The van der Waals surface area contributed by atoms with Crippen LogP contribution in [0.15, 0.2) is 48.5 Å². The Labute approximate surface area is 163 Å². The summed E-state index contributed by atoms with van der Waals surface area (Å²) in [6.07, 6.45) is -0.433. The number of carbonyl (C=O) groups excluding carboxylic acids is 3. The highest BCUT2D eigenvalue weighted by Crippen LogP contribution is 2.29. The summed E-state index contributed by atoms with van der Waals surface area (Å²) in [6, 6.07) is 14.4. The van der Waals surface area contributed by atoms with Gasteiger partial charge in [0.15, 0.2) is 6.10 Å². The number of carbonyl (C=O) groups is 3. The first-order valence-electron chi connectivity index (χ1n) is 9.01. The number of amides is 2. The molecule has 2 aromatic rings. The maximum atomic E-state index is 12.8. The third-order valence-corrected chi connectivity index (χ3v) is 4.48. The fourth-order valence-corrected chi connectivity index (χ4v) is 3.10. The van der Waals surface area contributed by atoms with Crippen LogP contribution >= 0.6 is 0 Å². The number of nitrogens with one attached hydrogen (secondary N) is 1. The summed E-state index contributed by atoms with van der Waals surface area (Å²) >= 11 is 0. The number of fused-ring (bicyclic) bond motifs is 1. The van der Waals surface area contributed by atoms with Gasteiger partial charge in [0.05, 0.1) is 18.5 Å². The number of anilines is 2. The Morgan fingerprint density at radius 2 is 1.86 bits per heavy atom. The van der Waals surface area contributed by atoms with Gasteiger partial charge in [-0.25, -0.2) is 0 Å². The number of nitrogens with zero attached hydrogens (tertiary/aromatic N) is 1. The van der Waals surface area contributed by atoms with Crippen molar-refractivity contribution in [2.75, 3.05) is 23.9 Å². The van der Waals surface area contributed by atoms with E-state index in [1.54, 1.807) is 31.4 Å². The van der Waals surface area contributed by atoms with E-state index in [0.29, 0.717) is 23.5 Å². The van der Waals surface area contributed by atoms with Gasteiger partial charge in [-0.2, -0.15) is 0 Å². The second kappa shape index (κ2) is 8.56. The Balaban J connectivity index is 1.61. The average molecular weight is 382 g/mol. The smallest absolute Gasteiger partial charge is 0.306 e. The Morgan fingerprint density at radius 3 is 2.64 bits per heavy atom. The molecule has 3 rings (SSSR count). The highest BCUT2D eigenvalue weighted by molar-refractivity contribution is 6.11. The minimum absolute atomic E-state index is 0.112. The van der Waals surface area contributed by atoms with Crippen LogP contribution in [0.5, 0.6) is 5.75 Å². The molecule has 1 N–H and O–H groups in total. The normalized spacial score (nSPS) is 13.9. The zero-order chi connectivity index (χ0) is 20.1. The molecule has 0 spiro atoms. The van der Waals surface area contributed by atoms with Gasteiger partial charge in [0, 0.05) is 6.42 Å². The van der Waals surface area contributed by atoms with Gasteiger partial charge in [0.1, 0.15) is 12.3 Å². The first-order valence-corrected chi connectivity index (χ1v) is 9.01. The molecule has 0 radical (unpaired) electrons. The van der Waals surface area contributed by atoms with Gasteiger partial charge < -0.3 is 14.8 Å². The number of hydrogen-bond donors (Lipinski definition) is 1. The fourth-order valence-electron chi connectivity index (χ4n) is 3.10. The minimum Gasteiger partial charge on any atom is -0.496 e. The van der Waals surface area contributed by atoms with Gasteiger partial charge in [-0.1, -0.05) is 30.3 Å². The molecule has 0 bridgehead atoms. The van der Waals surface area contributed by atoms with Crippen molar-refractivity contribution in [2.45, 2.75) is 25.9 Å². The van der Waals surface area contributed by atoms with E-state index in [-0.39, 0.29) is 18.9 Å². The molecule has 1 aliphatic heterocycles. The topological polar surface area (TPSA) is 84.9 Å². The summed E-state index contributed by atoms with van der Waals surface area (Å²) in [5.41, 5.74) is 2.04. The van der Waals surface area contributed by atoms with E-state index in [9.17, 15) is 14.4 Å². The molecule has 28 heavy (non-hydrogen) atoms. The quantitative estimate of drug-likeness (QED) is 0.776. The molecule has 2 aromatic carbocycles. The maximum absolute atomic E-state index is 12.8. The molecule has 0 aliphatic carbocycles. The molecule has 1 heterocycles. The lowest BCUT2D eigenvalue weighted by Crippen LogP contribution is -2.47. The summed E-state index contributed by atoms with van der Waals surface area (Å²) < 4.78 is 10.6. The van der Waals surface area contributed by atoms with E-state index in [2.05, 4.69) is 5.32 Å². The number of hydrogen-bond acceptors (Lipinski definition) is 5. The lowest BCUT2D eigenvalue weighted by Gasteiger charge is -2.30. The number of aryl methyl sites for hydroxylation is 1. The first-order chi connectivity index (χ1) is 13.5. The van der Waals surface area contributed by atoms with Crippen molar-refractivity contribution in [3.05, 3.63) is 54.1 Å². The SMILES string of the molecule is COc1ccccc1CCC(=O)O[C@H](C)C(=O)N1CC(=O)Nc2ccccc21. The van der Waals surface area contributed by atoms with E-state index < -0.39 is 18.0 Å². The molecule has 0 fully saturated rings. The number of ether oxygens (including phenoxy) is 2. The van der Waals surface area contributed by atoms with Crippen LogP contribution in [0.2, 0.25) is 0 Å². The van der Waals surface area contributed by atoms with Gasteiger partial charge in [0.25, 0.3) is 5.91 Å². The Kier molecular flexibility index (Phi) is 5.93. The molecule has 1 atom stereocenters. The second-order valence-corrected chi connectivity index (χ2v) is 6.43. The Hall–Kier alpha value is -3.35. The molecule has 0 saturated carbocycles. The summed E-state index contributed by atoms with van der Waals surface area (Å²) in [6.45, 7) is 1.40. The van der Waals surface area contributed by atoms with Crippen LogP contribution in [0, 0.1) is 0 Å². The molecule has 7 heteroatoms. The predicted molar refractivity (Wildman–Crippen MR) is 104 cm³/mol. The van der Waals surface area contributed by atoms with Crippen molar-refractivity contribution in [1.82, 2.24) is 0 Å². The summed E-state index contributed by atoms with van der Waals surface area (Å²) in [5.74, 6) is -0.508. The van der Waals surface area contributed by atoms with Gasteiger partial charge >= 0.3 is 5.97 Å². The van der Waals surface area contributed by atoms with Crippen molar-refractivity contribution in [1.29, 1.82) is 0 Å². The lowest BCUT2D eigenvalue weighted by atomic mass is 10.1. The third-order valence-electron chi connectivity index (χ3n) is 4.48. The van der Waals surface area contributed by atoms with Crippen LogP contribution in [-0.2, 0) is 25.5 Å². The van der Waals surface area contributed by atoms with Crippen molar-refractivity contribution >= 4 is 29.2 Å². The monoisotopic (exact) mass is 382 g/mol. The zero-order valence-electron chi connectivity index (χ0n) is 15.8. The second-order valence-electron chi connectivity index (χ2n) is 6.43. The van der Waals surface area contributed by atoms with E-state index in [1.807, 2.05) is 24.3 Å². The van der Waals surface area contributed by atoms with Crippen LogP contribution in [-0.4, -0.2) is 37.5 Å². The summed E-state index contributed by atoms with van der Waals surface area (Å²) in [5, 5.41) is 2.72. The largest absolute Gasteiger partial charge is 0.496 e. The number of methoxy groups -OCH3 is 1. The third kappa shape index (κ3) is 4.31. The fraction of sp³-hybridized carbons (Fsp3) is 0.286. The molecule has 2 amide bonds. The Morgan fingerprint density at radius 1 is 1.14 bits per heavy atom. The lowest BCUT2D eigenvalue weighted by molar-refractivity contribution is -0.153. The predicted octanol–water partition coefficient (Wildman–Crippen LogP) is 2.54. The van der Waals surface area contributed by atoms with E-state index in [4.69, 9.17) is 9.47 Å². The summed E-state index contributed by atoms with van der Waals surface area (Å²) in [7, 11) is 1.57. The van der Waals surface area contributed by atoms with E-state index in [0.717, 1.165) is 5.56 Å². The van der Waals surface area contributed by atoms with Gasteiger partial charge in [0.2, 0.25) is 5.91 Å². The molecule has 0 saturated heterocycles. The van der Waals surface area contributed by atoms with Gasteiger partial charge in [-0.3, -0.25) is 19.3 Å². The standard InChI is InChI=1S/C21H22N2O5/c1-14(28-20(25)12-11-15-7-3-6-10-18(15)27-2)21(26)23-13-19(24)22-16-8-4-5-9-17(16)23/h3-10,14H,11-13H2,1-2H3,(H,22,24)/t14-/m1/s1. The molecular weight excluding hydrogens is 360 g/mol. The zero-order valence-corrected chi connectivity index (χ0v) is 15.8. The maximum Gasteiger partial charge on any atom is 0.306 e. The molecule has 0 unspecified atom stereocenters. The highest BCUT2D eigenvalue weighted by atomic mass is 16.5. The van der Waals surface area contributed by atoms with Crippen LogP contribution in [0.4, 0.5) is 11.4 Å². The van der Waals surface area contributed by atoms with E-state index in [1.165, 1.54) is 11.8 Å². The van der Waals surface area contributed by atoms with Crippen molar-refractivity contribution < 1.29 is 23.9 Å². The van der Waals surface area contributed by atoms with Crippen LogP contribution in [0.25, 0.3) is 0 Å². The molecule has 1 aliphatic rings. The number of rotatable bonds is 6. The first kappa shape index (κ1) is 19.4. The van der Waals surface area contributed by atoms with Crippen molar-refractivity contribution in [2.24, 2.45) is 0 Å². The highest BCUT2D eigenvalue weighted by Gasteiger charge is 2.31. The molecule has 7 nitrogen and oxygen atoms in total.